The average Bonchev–Trinajstić information content (AvgIpc) is 2.37. The molecule has 0 N–H and O–H groups in total. The van der Waals surface area contributed by atoms with E-state index in [2.05, 4.69) is 9.97 Å². The van der Waals surface area contributed by atoms with Crippen molar-refractivity contribution in [1.82, 2.24) is 9.97 Å². The average molecular weight is 264 g/mol. The molecule has 0 aliphatic heterocycles. The molecule has 0 unspecified atom stereocenters. The summed E-state index contributed by atoms with van der Waals surface area (Å²) in [6, 6.07) is 2.34. The maximum atomic E-state index is 10.9. The van der Waals surface area contributed by atoms with E-state index in [0.29, 0.717) is 0 Å². The van der Waals surface area contributed by atoms with Gasteiger partial charge in [0.05, 0.1) is 16.5 Å². The van der Waals surface area contributed by atoms with Crippen molar-refractivity contribution >= 4 is 22.4 Å². The first kappa shape index (κ1) is 12.6. The van der Waals surface area contributed by atoms with Crippen molar-refractivity contribution in [1.29, 1.82) is 0 Å². The van der Waals surface area contributed by atoms with E-state index in [1.165, 1.54) is 6.07 Å². The summed E-state index contributed by atoms with van der Waals surface area (Å²) in [4.78, 5) is 27.9. The molecule has 0 saturated heterocycles. The predicted octanol–water partition coefficient (Wildman–Crippen LogP) is 1.84. The number of nitro groups is 2. The molecule has 2 heterocycles. The summed E-state index contributed by atoms with van der Waals surface area (Å²) in [6.07, 6.45) is 1.04. The van der Waals surface area contributed by atoms with Gasteiger partial charge in [-0.15, -0.1) is 0 Å². The van der Waals surface area contributed by atoms with Gasteiger partial charge in [-0.1, -0.05) is 0 Å². The lowest BCUT2D eigenvalue weighted by Crippen LogP contribution is -2.01. The Kier molecular flexibility index (Phi) is 3.19. The van der Waals surface area contributed by atoms with Crippen molar-refractivity contribution in [2.24, 2.45) is 0 Å². The Bertz CT molecular complexity index is 672. The van der Waals surface area contributed by atoms with Gasteiger partial charge in [-0.25, -0.2) is 4.98 Å². The highest BCUT2D eigenvalue weighted by Gasteiger charge is 2.20. The van der Waals surface area contributed by atoms with E-state index in [9.17, 15) is 20.2 Å². The third kappa shape index (κ3) is 2.39. The molecule has 0 saturated carbocycles. The van der Waals surface area contributed by atoms with Crippen LogP contribution in [0.5, 0.6) is 5.88 Å². The summed E-state index contributed by atoms with van der Waals surface area (Å²) in [5, 5.41) is 21.7. The fraction of sp³-hybridized carbons (Fsp3) is 0.200. The van der Waals surface area contributed by atoms with E-state index >= 15 is 0 Å². The molecule has 98 valence electrons. The van der Waals surface area contributed by atoms with Crippen LogP contribution in [0.3, 0.4) is 0 Å². The van der Waals surface area contributed by atoms with Crippen LogP contribution >= 0.6 is 0 Å². The standard InChI is InChI=1S/C10H8N4O5/c1-2-19-10-8(14(17)18)4-6-3-7(13(15)16)5-11-9(6)12-10/h3-5H,2H2,1H3. The minimum absolute atomic E-state index is 0.152. The Balaban J connectivity index is 2.66. The summed E-state index contributed by atoms with van der Waals surface area (Å²) >= 11 is 0. The number of nitrogens with zero attached hydrogens (tertiary/aromatic N) is 4. The Hall–Kier alpha value is -2.84. The lowest BCUT2D eigenvalue weighted by atomic mass is 10.2. The van der Waals surface area contributed by atoms with Crippen LogP contribution in [0.2, 0.25) is 0 Å². The smallest absolute Gasteiger partial charge is 0.331 e. The normalized spacial score (nSPS) is 10.4. The van der Waals surface area contributed by atoms with Crippen molar-refractivity contribution < 1.29 is 14.6 Å². The molecule has 0 aliphatic rings. The van der Waals surface area contributed by atoms with Gasteiger partial charge in [0.2, 0.25) is 0 Å². The van der Waals surface area contributed by atoms with Gasteiger partial charge in [-0.3, -0.25) is 20.2 Å². The van der Waals surface area contributed by atoms with Gasteiger partial charge >= 0.3 is 5.69 Å². The summed E-state index contributed by atoms with van der Waals surface area (Å²) in [5.74, 6) is -0.152. The topological polar surface area (TPSA) is 121 Å². The third-order valence-corrected chi connectivity index (χ3v) is 2.29. The minimum Gasteiger partial charge on any atom is -0.473 e. The second-order valence-electron chi connectivity index (χ2n) is 3.50. The summed E-state index contributed by atoms with van der Waals surface area (Å²) < 4.78 is 5.06. The Morgan fingerprint density at radius 1 is 1.26 bits per heavy atom. The van der Waals surface area contributed by atoms with Crippen molar-refractivity contribution in [2.45, 2.75) is 6.92 Å². The maximum Gasteiger partial charge on any atom is 0.331 e. The van der Waals surface area contributed by atoms with E-state index in [-0.39, 0.29) is 34.9 Å². The fourth-order valence-corrected chi connectivity index (χ4v) is 1.50. The molecule has 19 heavy (non-hydrogen) atoms. The van der Waals surface area contributed by atoms with Gasteiger partial charge in [0.15, 0.2) is 5.65 Å². The van der Waals surface area contributed by atoms with Gasteiger partial charge in [-0.05, 0) is 6.92 Å². The second-order valence-corrected chi connectivity index (χ2v) is 3.50. The van der Waals surface area contributed by atoms with Crippen molar-refractivity contribution in [2.75, 3.05) is 6.61 Å². The highest BCUT2D eigenvalue weighted by Crippen LogP contribution is 2.29. The predicted molar refractivity (Wildman–Crippen MR) is 64.0 cm³/mol. The number of rotatable bonds is 4. The number of pyridine rings is 2. The summed E-state index contributed by atoms with van der Waals surface area (Å²) in [7, 11) is 0. The number of hydrogen-bond acceptors (Lipinski definition) is 7. The van der Waals surface area contributed by atoms with Crippen LogP contribution in [0, 0.1) is 20.2 Å². The molecule has 0 fully saturated rings. The van der Waals surface area contributed by atoms with Crippen molar-refractivity contribution in [3.8, 4) is 5.88 Å². The van der Waals surface area contributed by atoms with Gasteiger partial charge in [0.25, 0.3) is 11.6 Å². The molecule has 0 aromatic carbocycles. The van der Waals surface area contributed by atoms with E-state index in [0.717, 1.165) is 12.3 Å². The summed E-state index contributed by atoms with van der Waals surface area (Å²) in [5.41, 5.74) is -0.455. The zero-order valence-corrected chi connectivity index (χ0v) is 9.77. The lowest BCUT2D eigenvalue weighted by Gasteiger charge is -2.04. The molecule has 0 bridgehead atoms. The summed E-state index contributed by atoms with van der Waals surface area (Å²) in [6.45, 7) is 1.88. The van der Waals surface area contributed by atoms with Crippen LogP contribution in [0.15, 0.2) is 18.3 Å². The lowest BCUT2D eigenvalue weighted by molar-refractivity contribution is -0.386. The molecule has 2 aromatic heterocycles. The SMILES string of the molecule is CCOc1nc2ncc([N+](=O)[O-])cc2cc1[N+](=O)[O-]. The van der Waals surface area contributed by atoms with Gasteiger partial charge in [0.1, 0.15) is 6.20 Å². The molecule has 0 atom stereocenters. The molecular weight excluding hydrogens is 256 g/mol. The van der Waals surface area contributed by atoms with Gasteiger partial charge in [0, 0.05) is 17.5 Å². The van der Waals surface area contributed by atoms with E-state index < -0.39 is 9.85 Å². The molecular formula is C10H8N4O5. The van der Waals surface area contributed by atoms with Crippen LogP contribution in [0.4, 0.5) is 11.4 Å². The molecule has 0 radical (unpaired) electrons. The monoisotopic (exact) mass is 264 g/mol. The number of fused-ring (bicyclic) bond motifs is 1. The maximum absolute atomic E-state index is 10.9. The molecule has 0 aliphatic carbocycles. The Morgan fingerprint density at radius 3 is 2.58 bits per heavy atom. The van der Waals surface area contributed by atoms with E-state index in [4.69, 9.17) is 4.74 Å². The quantitative estimate of drug-likeness (QED) is 0.609. The molecule has 9 nitrogen and oxygen atoms in total. The molecule has 0 amide bonds. The zero-order chi connectivity index (χ0) is 14.0. The van der Waals surface area contributed by atoms with Crippen LogP contribution < -0.4 is 4.74 Å². The van der Waals surface area contributed by atoms with Gasteiger partial charge in [-0.2, -0.15) is 4.98 Å². The minimum atomic E-state index is -0.656. The van der Waals surface area contributed by atoms with Crippen LogP contribution in [-0.2, 0) is 0 Å². The number of ether oxygens (including phenoxy) is 1. The Morgan fingerprint density at radius 2 is 2.00 bits per heavy atom. The van der Waals surface area contributed by atoms with Crippen LogP contribution in [0.25, 0.3) is 11.0 Å². The molecule has 2 aromatic rings. The van der Waals surface area contributed by atoms with E-state index in [1.807, 2.05) is 0 Å². The van der Waals surface area contributed by atoms with Crippen molar-refractivity contribution in [3.05, 3.63) is 38.6 Å². The highest BCUT2D eigenvalue weighted by molar-refractivity contribution is 5.80. The second kappa shape index (κ2) is 4.80. The largest absolute Gasteiger partial charge is 0.473 e. The molecule has 9 heteroatoms. The van der Waals surface area contributed by atoms with Gasteiger partial charge < -0.3 is 4.74 Å². The fourth-order valence-electron chi connectivity index (χ4n) is 1.50. The Labute approximate surface area is 106 Å². The first-order valence-corrected chi connectivity index (χ1v) is 5.25. The first-order chi connectivity index (χ1) is 9.02. The van der Waals surface area contributed by atoms with Crippen molar-refractivity contribution in [3.63, 3.8) is 0 Å². The number of hydrogen-bond donors (Lipinski definition) is 0. The number of aromatic nitrogens is 2. The highest BCUT2D eigenvalue weighted by atomic mass is 16.6. The molecule has 2 rings (SSSR count). The molecule has 0 spiro atoms. The zero-order valence-electron chi connectivity index (χ0n) is 9.77. The first-order valence-electron chi connectivity index (χ1n) is 5.25. The van der Waals surface area contributed by atoms with Crippen LogP contribution in [0.1, 0.15) is 6.92 Å². The van der Waals surface area contributed by atoms with E-state index in [1.54, 1.807) is 6.92 Å². The van der Waals surface area contributed by atoms with Crippen LogP contribution in [-0.4, -0.2) is 26.4 Å². The third-order valence-electron chi connectivity index (χ3n) is 2.29.